The van der Waals surface area contributed by atoms with Crippen molar-refractivity contribution in [2.24, 2.45) is 5.92 Å². The summed E-state index contributed by atoms with van der Waals surface area (Å²) < 4.78 is 24.7. The number of benzene rings is 1. The second kappa shape index (κ2) is 4.81. The summed E-state index contributed by atoms with van der Waals surface area (Å²) >= 11 is 0. The third-order valence-corrected chi connectivity index (χ3v) is 3.76. The summed E-state index contributed by atoms with van der Waals surface area (Å²) in [7, 11) is 0. The van der Waals surface area contributed by atoms with Gasteiger partial charge < -0.3 is 14.6 Å². The van der Waals surface area contributed by atoms with Gasteiger partial charge in [-0.3, -0.25) is 4.79 Å². The fraction of sp³-hybridized carbons (Fsp3) is 0.500. The molecule has 1 aromatic carbocycles. The Morgan fingerprint density at radius 3 is 2.95 bits per heavy atom. The van der Waals surface area contributed by atoms with E-state index in [2.05, 4.69) is 0 Å². The van der Waals surface area contributed by atoms with E-state index < -0.39 is 5.97 Å². The Kier molecular flexibility index (Phi) is 3.14. The maximum absolute atomic E-state index is 14.2. The normalized spacial score (nSPS) is 19.4. The first-order valence-corrected chi connectivity index (χ1v) is 6.40. The number of fused-ring (bicyclic) bond motifs is 1. The highest BCUT2D eigenvalue weighted by atomic mass is 19.1. The van der Waals surface area contributed by atoms with Crippen molar-refractivity contribution in [1.29, 1.82) is 0 Å². The lowest BCUT2D eigenvalue weighted by Crippen LogP contribution is -2.18. The first kappa shape index (κ1) is 12.4. The van der Waals surface area contributed by atoms with E-state index in [1.54, 1.807) is 6.07 Å². The Morgan fingerprint density at radius 2 is 2.26 bits per heavy atom. The van der Waals surface area contributed by atoms with Crippen LogP contribution in [-0.4, -0.2) is 17.9 Å². The zero-order valence-electron chi connectivity index (χ0n) is 10.4. The van der Waals surface area contributed by atoms with E-state index in [0.29, 0.717) is 16.9 Å². The summed E-state index contributed by atoms with van der Waals surface area (Å²) in [5.74, 6) is -0.659. The van der Waals surface area contributed by atoms with Gasteiger partial charge in [0.1, 0.15) is 11.6 Å². The van der Waals surface area contributed by atoms with E-state index in [-0.39, 0.29) is 37.5 Å². The molecule has 1 heterocycles. The summed E-state index contributed by atoms with van der Waals surface area (Å²) in [4.78, 5) is 11.0. The Morgan fingerprint density at radius 1 is 1.47 bits per heavy atom. The highest BCUT2D eigenvalue weighted by Gasteiger charge is 2.37. The zero-order valence-corrected chi connectivity index (χ0v) is 10.4. The average molecular weight is 266 g/mol. The predicted octanol–water partition coefficient (Wildman–Crippen LogP) is 2.66. The molecule has 0 bridgehead atoms. The van der Waals surface area contributed by atoms with Gasteiger partial charge in [-0.25, -0.2) is 4.39 Å². The number of hydrogen-bond acceptors (Lipinski definition) is 3. The van der Waals surface area contributed by atoms with Crippen molar-refractivity contribution in [3.63, 3.8) is 0 Å². The van der Waals surface area contributed by atoms with Gasteiger partial charge in [-0.05, 0) is 30.9 Å². The highest BCUT2D eigenvalue weighted by molar-refractivity contribution is 5.68. The number of hydrogen-bond donors (Lipinski definition) is 1. The van der Waals surface area contributed by atoms with Crippen LogP contribution >= 0.6 is 0 Å². The minimum atomic E-state index is -0.897. The van der Waals surface area contributed by atoms with Gasteiger partial charge in [0.2, 0.25) is 0 Å². The second-order valence-corrected chi connectivity index (χ2v) is 5.09. The number of rotatable bonds is 4. The molecule has 3 rings (SSSR count). The molecule has 0 saturated heterocycles. The summed E-state index contributed by atoms with van der Waals surface area (Å²) in [6, 6.07) is 2.94. The van der Waals surface area contributed by atoms with Crippen LogP contribution in [0.25, 0.3) is 0 Å². The van der Waals surface area contributed by atoms with Gasteiger partial charge in [-0.1, -0.05) is 0 Å². The van der Waals surface area contributed by atoms with E-state index in [1.165, 1.54) is 6.07 Å². The lowest BCUT2D eigenvalue weighted by atomic mass is 9.86. The topological polar surface area (TPSA) is 55.8 Å². The largest absolute Gasteiger partial charge is 0.481 e. The molecule has 0 amide bonds. The number of carboxylic acid groups (broad SMARTS) is 1. The van der Waals surface area contributed by atoms with E-state index in [4.69, 9.17) is 14.6 Å². The van der Waals surface area contributed by atoms with Gasteiger partial charge in [0.15, 0.2) is 6.79 Å². The van der Waals surface area contributed by atoms with Crippen LogP contribution in [0.2, 0.25) is 0 Å². The van der Waals surface area contributed by atoms with E-state index in [0.717, 1.165) is 12.8 Å². The summed E-state index contributed by atoms with van der Waals surface area (Å²) in [5, 5.41) is 9.03. The van der Waals surface area contributed by atoms with Crippen molar-refractivity contribution >= 4 is 5.97 Å². The van der Waals surface area contributed by atoms with Crippen molar-refractivity contribution in [2.75, 3.05) is 6.79 Å². The van der Waals surface area contributed by atoms with Crippen LogP contribution in [0, 0.1) is 11.7 Å². The molecule has 0 spiro atoms. The Hall–Kier alpha value is -1.62. The molecule has 1 fully saturated rings. The molecule has 5 heteroatoms. The lowest BCUT2D eigenvalue weighted by molar-refractivity contribution is -0.137. The predicted molar refractivity (Wildman–Crippen MR) is 64.4 cm³/mol. The van der Waals surface area contributed by atoms with Gasteiger partial charge in [0.05, 0.1) is 13.0 Å². The Labute approximate surface area is 110 Å². The number of carboxylic acids is 1. The quantitative estimate of drug-likeness (QED) is 0.910. The number of aliphatic carboxylic acids is 1. The molecule has 102 valence electrons. The second-order valence-electron chi connectivity index (χ2n) is 5.09. The smallest absolute Gasteiger partial charge is 0.303 e. The zero-order chi connectivity index (χ0) is 13.4. The van der Waals surface area contributed by atoms with Gasteiger partial charge >= 0.3 is 5.97 Å². The monoisotopic (exact) mass is 266 g/mol. The van der Waals surface area contributed by atoms with Crippen molar-refractivity contribution in [2.45, 2.75) is 31.8 Å². The molecule has 1 aliphatic carbocycles. The molecule has 1 aromatic rings. The van der Waals surface area contributed by atoms with Crippen LogP contribution in [0.15, 0.2) is 12.1 Å². The number of carbonyl (C=O) groups is 1. The maximum atomic E-state index is 14.2. The molecular weight excluding hydrogens is 251 g/mol. The van der Waals surface area contributed by atoms with Crippen molar-refractivity contribution in [3.8, 4) is 5.75 Å². The van der Waals surface area contributed by atoms with Crippen LogP contribution in [0.5, 0.6) is 5.75 Å². The third kappa shape index (κ3) is 2.42. The minimum absolute atomic E-state index is 0.0436. The van der Waals surface area contributed by atoms with E-state index >= 15 is 0 Å². The fourth-order valence-electron chi connectivity index (χ4n) is 2.74. The third-order valence-electron chi connectivity index (χ3n) is 3.76. The van der Waals surface area contributed by atoms with E-state index in [9.17, 15) is 9.18 Å². The molecule has 1 saturated carbocycles. The standard InChI is InChI=1S/C14H15FO4/c15-11-3-4-12-10(6-18-7-19-12)14(11)9(5-13(16)17)8-1-2-8/h3-4,8-9H,1-2,5-7H2,(H,16,17). The van der Waals surface area contributed by atoms with Gasteiger partial charge in [-0.15, -0.1) is 0 Å². The van der Waals surface area contributed by atoms with Gasteiger partial charge in [0, 0.05) is 17.0 Å². The van der Waals surface area contributed by atoms with Crippen LogP contribution in [0.1, 0.15) is 36.3 Å². The molecule has 2 aliphatic rings. The maximum Gasteiger partial charge on any atom is 0.303 e. The minimum Gasteiger partial charge on any atom is -0.481 e. The van der Waals surface area contributed by atoms with Crippen LogP contribution < -0.4 is 4.74 Å². The Balaban J connectivity index is 2.03. The van der Waals surface area contributed by atoms with Crippen LogP contribution in [0.4, 0.5) is 4.39 Å². The van der Waals surface area contributed by atoms with Crippen LogP contribution in [0.3, 0.4) is 0 Å². The summed E-state index contributed by atoms with van der Waals surface area (Å²) in [5.41, 5.74) is 1.14. The summed E-state index contributed by atoms with van der Waals surface area (Å²) in [6.07, 6.45) is 1.88. The van der Waals surface area contributed by atoms with E-state index in [1.807, 2.05) is 0 Å². The molecule has 0 radical (unpaired) electrons. The number of halogens is 1. The molecule has 4 nitrogen and oxygen atoms in total. The molecule has 1 aliphatic heterocycles. The van der Waals surface area contributed by atoms with Gasteiger partial charge in [-0.2, -0.15) is 0 Å². The first-order valence-electron chi connectivity index (χ1n) is 6.40. The molecule has 1 N–H and O–H groups in total. The molecule has 19 heavy (non-hydrogen) atoms. The average Bonchev–Trinajstić information content (AvgIpc) is 3.20. The molecule has 1 atom stereocenters. The fourth-order valence-corrected chi connectivity index (χ4v) is 2.74. The van der Waals surface area contributed by atoms with Crippen LogP contribution in [-0.2, 0) is 16.1 Å². The number of ether oxygens (including phenoxy) is 2. The van der Waals surface area contributed by atoms with Crippen molar-refractivity contribution in [1.82, 2.24) is 0 Å². The lowest BCUT2D eigenvalue weighted by Gasteiger charge is -2.25. The molecule has 1 unspecified atom stereocenters. The molecular formula is C14H15FO4. The van der Waals surface area contributed by atoms with Gasteiger partial charge in [0.25, 0.3) is 0 Å². The molecule has 0 aromatic heterocycles. The highest BCUT2D eigenvalue weighted by Crippen LogP contribution is 2.47. The van der Waals surface area contributed by atoms with Crippen molar-refractivity contribution < 1.29 is 23.8 Å². The van der Waals surface area contributed by atoms with Crippen molar-refractivity contribution in [3.05, 3.63) is 29.1 Å². The first-order chi connectivity index (χ1) is 9.16. The SMILES string of the molecule is O=C(O)CC(c1c(F)ccc2c1COCO2)C1CC1. The summed E-state index contributed by atoms with van der Waals surface area (Å²) in [6.45, 7) is 0.441. The Bertz CT molecular complexity index is 510.